The first-order chi connectivity index (χ1) is 14.5. The van der Waals surface area contributed by atoms with Gasteiger partial charge in [0.25, 0.3) is 0 Å². The van der Waals surface area contributed by atoms with Crippen molar-refractivity contribution in [1.82, 2.24) is 20.4 Å². The van der Waals surface area contributed by atoms with E-state index in [4.69, 9.17) is 4.74 Å². The van der Waals surface area contributed by atoms with Crippen molar-refractivity contribution in [2.45, 2.75) is 33.9 Å². The second-order valence-electron chi connectivity index (χ2n) is 6.94. The van der Waals surface area contributed by atoms with E-state index in [1.165, 1.54) is 6.07 Å². The molecule has 0 amide bonds. The van der Waals surface area contributed by atoms with Gasteiger partial charge in [0.05, 0.1) is 18.0 Å². The molecule has 158 valence electrons. The van der Waals surface area contributed by atoms with Crippen LogP contribution in [0.3, 0.4) is 0 Å². The minimum absolute atomic E-state index is 0.268. The second kappa shape index (κ2) is 9.91. The predicted molar refractivity (Wildman–Crippen MR) is 118 cm³/mol. The summed E-state index contributed by atoms with van der Waals surface area (Å²) >= 11 is 0. The summed E-state index contributed by atoms with van der Waals surface area (Å²) < 4.78 is 21.2. The number of rotatable bonds is 7. The highest BCUT2D eigenvalue weighted by Crippen LogP contribution is 2.19. The Balaban J connectivity index is 1.64. The summed E-state index contributed by atoms with van der Waals surface area (Å²) in [5, 5.41) is 11.1. The molecule has 0 aliphatic rings. The van der Waals surface area contributed by atoms with Gasteiger partial charge in [0.1, 0.15) is 0 Å². The van der Waals surface area contributed by atoms with Crippen molar-refractivity contribution in [2.24, 2.45) is 4.99 Å². The summed E-state index contributed by atoms with van der Waals surface area (Å²) in [6.45, 7) is 7.32. The number of aromatic nitrogens is 2. The van der Waals surface area contributed by atoms with E-state index < -0.39 is 0 Å². The molecule has 0 bridgehead atoms. The van der Waals surface area contributed by atoms with Gasteiger partial charge >= 0.3 is 0 Å². The Morgan fingerprint density at radius 3 is 2.53 bits per heavy atom. The van der Waals surface area contributed by atoms with Gasteiger partial charge in [-0.15, -0.1) is 0 Å². The maximum Gasteiger partial charge on any atom is 0.191 e. The molecule has 2 aromatic carbocycles. The summed E-state index contributed by atoms with van der Waals surface area (Å²) in [6, 6.07) is 15.1. The number of benzene rings is 2. The highest BCUT2D eigenvalue weighted by molar-refractivity contribution is 5.79. The quantitative estimate of drug-likeness (QED) is 0.459. The third-order valence-electron chi connectivity index (χ3n) is 4.66. The minimum Gasteiger partial charge on any atom is -0.491 e. The molecule has 3 rings (SSSR count). The molecule has 0 fully saturated rings. The van der Waals surface area contributed by atoms with Crippen LogP contribution < -0.4 is 15.4 Å². The zero-order chi connectivity index (χ0) is 21.5. The molecule has 0 aliphatic carbocycles. The van der Waals surface area contributed by atoms with Crippen LogP contribution in [0.5, 0.6) is 5.75 Å². The lowest BCUT2D eigenvalue weighted by atomic mass is 10.1. The van der Waals surface area contributed by atoms with Gasteiger partial charge in [-0.1, -0.05) is 24.3 Å². The lowest BCUT2D eigenvalue weighted by Crippen LogP contribution is -2.36. The van der Waals surface area contributed by atoms with Crippen molar-refractivity contribution < 1.29 is 9.13 Å². The number of aliphatic imine (C=N–C) groups is 1. The first-order valence-corrected chi connectivity index (χ1v) is 9.99. The Bertz CT molecular complexity index is 1030. The monoisotopic (exact) mass is 409 g/mol. The van der Waals surface area contributed by atoms with Crippen LogP contribution in [-0.4, -0.2) is 29.4 Å². The van der Waals surface area contributed by atoms with Crippen LogP contribution in [-0.2, 0) is 13.1 Å². The largest absolute Gasteiger partial charge is 0.491 e. The molecule has 0 atom stereocenters. The van der Waals surface area contributed by atoms with E-state index in [1.54, 1.807) is 13.1 Å². The normalized spacial score (nSPS) is 11.4. The fourth-order valence-electron chi connectivity index (χ4n) is 3.25. The van der Waals surface area contributed by atoms with Gasteiger partial charge in [-0.05, 0) is 56.2 Å². The molecule has 2 N–H and O–H groups in total. The van der Waals surface area contributed by atoms with Gasteiger partial charge in [-0.3, -0.25) is 4.99 Å². The molecule has 0 unspecified atom stereocenters. The SMILES string of the molecule is CCOc1ccc(CNC(=NC)NCc2ccccc2-n2nc(C)cc2C)cc1F. The lowest BCUT2D eigenvalue weighted by molar-refractivity contribution is 0.321. The number of nitrogens with zero attached hydrogens (tertiary/aromatic N) is 3. The number of aryl methyl sites for hydroxylation is 2. The number of ether oxygens (including phenoxy) is 1. The van der Waals surface area contributed by atoms with Crippen molar-refractivity contribution >= 4 is 5.96 Å². The van der Waals surface area contributed by atoms with E-state index in [0.717, 1.165) is 28.2 Å². The van der Waals surface area contributed by atoms with Gasteiger partial charge in [0, 0.05) is 25.8 Å². The Morgan fingerprint density at radius 2 is 1.87 bits per heavy atom. The minimum atomic E-state index is -0.363. The summed E-state index contributed by atoms with van der Waals surface area (Å²) in [7, 11) is 1.71. The van der Waals surface area contributed by atoms with E-state index in [1.807, 2.05) is 43.7 Å². The van der Waals surface area contributed by atoms with Gasteiger partial charge in [-0.2, -0.15) is 5.10 Å². The molecule has 1 heterocycles. The summed E-state index contributed by atoms with van der Waals surface area (Å²) in [5.74, 6) is 0.537. The average molecular weight is 410 g/mol. The van der Waals surface area contributed by atoms with Crippen LogP contribution >= 0.6 is 0 Å². The molecule has 0 saturated heterocycles. The summed E-state index contributed by atoms with van der Waals surface area (Å²) in [5.41, 5.74) is 5.00. The van der Waals surface area contributed by atoms with Crippen molar-refractivity contribution in [1.29, 1.82) is 0 Å². The molecule has 0 saturated carbocycles. The van der Waals surface area contributed by atoms with Gasteiger partial charge in [0.2, 0.25) is 0 Å². The van der Waals surface area contributed by atoms with Crippen LogP contribution in [0, 0.1) is 19.7 Å². The molecule has 3 aromatic rings. The van der Waals surface area contributed by atoms with Gasteiger partial charge in [0.15, 0.2) is 17.5 Å². The number of guanidine groups is 1. The fourth-order valence-corrected chi connectivity index (χ4v) is 3.25. The maximum absolute atomic E-state index is 14.0. The molecule has 0 radical (unpaired) electrons. The zero-order valence-electron chi connectivity index (χ0n) is 17.9. The first kappa shape index (κ1) is 21.4. The predicted octanol–water partition coefficient (Wildman–Crippen LogP) is 3.89. The maximum atomic E-state index is 14.0. The standard InChI is InChI=1S/C23H28FN5O/c1-5-30-22-11-10-18(13-20(22)24)14-26-23(25-4)27-15-19-8-6-7-9-21(19)29-17(3)12-16(2)28-29/h6-13H,5,14-15H2,1-4H3,(H2,25,26,27). The molecule has 6 nitrogen and oxygen atoms in total. The molecule has 1 aromatic heterocycles. The third-order valence-corrected chi connectivity index (χ3v) is 4.66. The second-order valence-corrected chi connectivity index (χ2v) is 6.94. The Labute approximate surface area is 176 Å². The molecule has 30 heavy (non-hydrogen) atoms. The van der Waals surface area contributed by atoms with Crippen LogP contribution in [0.25, 0.3) is 5.69 Å². The Morgan fingerprint density at radius 1 is 1.10 bits per heavy atom. The van der Waals surface area contributed by atoms with Crippen LogP contribution in [0.1, 0.15) is 29.4 Å². The van der Waals surface area contributed by atoms with Crippen molar-refractivity contribution in [3.05, 3.63) is 76.9 Å². The molecule has 7 heteroatoms. The number of nitrogens with one attached hydrogen (secondary N) is 2. The number of para-hydroxylation sites is 1. The topological polar surface area (TPSA) is 63.5 Å². The zero-order valence-corrected chi connectivity index (χ0v) is 17.9. The summed E-state index contributed by atoms with van der Waals surface area (Å²) in [4.78, 5) is 4.27. The average Bonchev–Trinajstić information content (AvgIpc) is 3.08. The fraction of sp³-hybridized carbons (Fsp3) is 0.304. The number of hydrogen-bond donors (Lipinski definition) is 2. The number of hydrogen-bond acceptors (Lipinski definition) is 3. The van der Waals surface area contributed by atoms with E-state index >= 15 is 0 Å². The van der Waals surface area contributed by atoms with E-state index in [9.17, 15) is 4.39 Å². The van der Waals surface area contributed by atoms with E-state index in [2.05, 4.69) is 38.9 Å². The van der Waals surface area contributed by atoms with Gasteiger partial charge in [-0.25, -0.2) is 9.07 Å². The first-order valence-electron chi connectivity index (χ1n) is 9.99. The van der Waals surface area contributed by atoms with Crippen molar-refractivity contribution in [3.8, 4) is 11.4 Å². The van der Waals surface area contributed by atoms with E-state index in [-0.39, 0.29) is 11.6 Å². The van der Waals surface area contributed by atoms with E-state index in [0.29, 0.717) is 25.7 Å². The highest BCUT2D eigenvalue weighted by Gasteiger charge is 2.10. The van der Waals surface area contributed by atoms with Crippen LogP contribution in [0.2, 0.25) is 0 Å². The van der Waals surface area contributed by atoms with Crippen molar-refractivity contribution in [2.75, 3.05) is 13.7 Å². The molecular formula is C23H28FN5O. The molecule has 0 aliphatic heterocycles. The number of halogens is 1. The van der Waals surface area contributed by atoms with Gasteiger partial charge < -0.3 is 15.4 Å². The lowest BCUT2D eigenvalue weighted by Gasteiger charge is -2.15. The molecule has 0 spiro atoms. The van der Waals surface area contributed by atoms with Crippen molar-refractivity contribution in [3.63, 3.8) is 0 Å². The Kier molecular flexibility index (Phi) is 7.06. The highest BCUT2D eigenvalue weighted by atomic mass is 19.1. The smallest absolute Gasteiger partial charge is 0.191 e. The third kappa shape index (κ3) is 5.17. The van der Waals surface area contributed by atoms with Crippen LogP contribution in [0.15, 0.2) is 53.5 Å². The molecular weight excluding hydrogens is 381 g/mol. The Hall–Kier alpha value is -3.35. The van der Waals surface area contributed by atoms with Crippen LogP contribution in [0.4, 0.5) is 4.39 Å². The summed E-state index contributed by atoms with van der Waals surface area (Å²) in [6.07, 6.45) is 0.